The van der Waals surface area contributed by atoms with Crippen LogP contribution in [0.2, 0.25) is 0 Å². The van der Waals surface area contributed by atoms with Gasteiger partial charge in [0.15, 0.2) is 5.11 Å². The van der Waals surface area contributed by atoms with Crippen LogP contribution in [0.15, 0.2) is 73.0 Å². The Kier molecular flexibility index (Phi) is 4.82. The van der Waals surface area contributed by atoms with Crippen molar-refractivity contribution in [1.82, 2.24) is 9.88 Å². The lowest BCUT2D eigenvalue weighted by Crippen LogP contribution is -2.54. The van der Waals surface area contributed by atoms with Crippen molar-refractivity contribution in [3.05, 3.63) is 84.3 Å². The summed E-state index contributed by atoms with van der Waals surface area (Å²) in [7, 11) is 0. The highest BCUT2D eigenvalue weighted by atomic mass is 32.1. The van der Waals surface area contributed by atoms with Gasteiger partial charge in [0, 0.05) is 29.2 Å². The Morgan fingerprint density at radius 2 is 1.83 bits per heavy atom. The molecule has 3 aromatic rings. The molecule has 1 aliphatic rings. The van der Waals surface area contributed by atoms with Crippen LogP contribution in [-0.4, -0.2) is 21.5 Å². The van der Waals surface area contributed by atoms with E-state index in [1.165, 1.54) is 29.2 Å². The van der Waals surface area contributed by atoms with Crippen LogP contribution in [0.5, 0.6) is 0 Å². The fourth-order valence-corrected chi connectivity index (χ4v) is 3.60. The number of carbonyl (C=O) groups is 2. The highest BCUT2D eigenvalue weighted by molar-refractivity contribution is 7.80. The lowest BCUT2D eigenvalue weighted by molar-refractivity contribution is -0.122. The van der Waals surface area contributed by atoms with Crippen LogP contribution in [0, 0.1) is 5.82 Å². The molecule has 0 aliphatic carbocycles. The lowest BCUT2D eigenvalue weighted by Gasteiger charge is -2.28. The first-order chi connectivity index (χ1) is 14.0. The van der Waals surface area contributed by atoms with Gasteiger partial charge in [-0.25, -0.2) is 4.39 Å². The van der Waals surface area contributed by atoms with E-state index in [1.54, 1.807) is 12.2 Å². The van der Waals surface area contributed by atoms with Crippen molar-refractivity contribution in [3.63, 3.8) is 0 Å². The van der Waals surface area contributed by atoms with Crippen molar-refractivity contribution < 1.29 is 14.0 Å². The van der Waals surface area contributed by atoms with Gasteiger partial charge in [0.25, 0.3) is 11.8 Å². The number of benzene rings is 2. The van der Waals surface area contributed by atoms with Crippen LogP contribution >= 0.6 is 12.2 Å². The second-order valence-corrected chi connectivity index (χ2v) is 6.86. The highest BCUT2D eigenvalue weighted by Gasteiger charge is 2.34. The number of nitrogens with zero attached hydrogens (tertiary/aromatic N) is 2. The second kappa shape index (κ2) is 7.44. The van der Waals surface area contributed by atoms with Crippen molar-refractivity contribution in [2.75, 3.05) is 4.90 Å². The minimum absolute atomic E-state index is 0.0437. The Morgan fingerprint density at radius 1 is 1.10 bits per heavy atom. The predicted octanol–water partition coefficient (Wildman–Crippen LogP) is 3.80. The zero-order valence-corrected chi connectivity index (χ0v) is 16.1. The van der Waals surface area contributed by atoms with Crippen LogP contribution in [0.4, 0.5) is 10.1 Å². The summed E-state index contributed by atoms with van der Waals surface area (Å²) in [6.07, 6.45) is 5.20. The van der Waals surface area contributed by atoms with Gasteiger partial charge in [0.05, 0.1) is 5.69 Å². The average Bonchev–Trinajstić information content (AvgIpc) is 3.04. The summed E-state index contributed by atoms with van der Waals surface area (Å²) >= 11 is 5.17. The second-order valence-electron chi connectivity index (χ2n) is 6.48. The van der Waals surface area contributed by atoms with Gasteiger partial charge in [-0.1, -0.05) is 24.3 Å². The van der Waals surface area contributed by atoms with Crippen LogP contribution in [0.1, 0.15) is 5.56 Å². The van der Waals surface area contributed by atoms with E-state index >= 15 is 0 Å². The SMILES string of the molecule is C=CCn1cc(/C=C2/C(=O)NC(=S)N(c3ccc(F)cc3)C2=O)c2ccccc21. The molecule has 2 heterocycles. The van der Waals surface area contributed by atoms with Gasteiger partial charge in [-0.15, -0.1) is 6.58 Å². The van der Waals surface area contributed by atoms with Gasteiger partial charge in [0.2, 0.25) is 0 Å². The lowest BCUT2D eigenvalue weighted by atomic mass is 10.1. The van der Waals surface area contributed by atoms with Crippen LogP contribution in [0.25, 0.3) is 17.0 Å². The topological polar surface area (TPSA) is 54.3 Å². The molecular formula is C22H16FN3O2S. The Bertz CT molecular complexity index is 1190. The smallest absolute Gasteiger partial charge is 0.270 e. The summed E-state index contributed by atoms with van der Waals surface area (Å²) in [5.74, 6) is -1.57. The zero-order chi connectivity index (χ0) is 20.5. The number of hydrogen-bond donors (Lipinski definition) is 1. The monoisotopic (exact) mass is 405 g/mol. The quantitative estimate of drug-likeness (QED) is 0.311. The van der Waals surface area contributed by atoms with Gasteiger partial charge >= 0.3 is 0 Å². The van der Waals surface area contributed by atoms with Gasteiger partial charge in [-0.2, -0.15) is 0 Å². The molecule has 1 aliphatic heterocycles. The summed E-state index contributed by atoms with van der Waals surface area (Å²) in [6.45, 7) is 4.36. The molecular weight excluding hydrogens is 389 g/mol. The fourth-order valence-electron chi connectivity index (χ4n) is 3.32. The molecule has 5 nitrogen and oxygen atoms in total. The summed E-state index contributed by atoms with van der Waals surface area (Å²) in [5, 5.41) is 3.40. The molecule has 0 radical (unpaired) electrons. The summed E-state index contributed by atoms with van der Waals surface area (Å²) in [4.78, 5) is 26.8. The minimum Gasteiger partial charge on any atom is -0.343 e. The number of halogens is 1. The number of anilines is 1. The molecule has 0 saturated carbocycles. The molecule has 1 N–H and O–H groups in total. The number of fused-ring (bicyclic) bond motifs is 1. The summed E-state index contributed by atoms with van der Waals surface area (Å²) < 4.78 is 15.2. The summed E-state index contributed by atoms with van der Waals surface area (Å²) in [6, 6.07) is 13.0. The fraction of sp³-hybridized carbons (Fsp3) is 0.0455. The standard InChI is InChI=1S/C22H16FN3O2S/c1-2-11-25-13-14(17-5-3-4-6-19(17)25)12-18-20(27)24-22(29)26(21(18)28)16-9-7-15(23)8-10-16/h2-10,12-13H,1,11H2,(H,24,27,29)/b18-12-. The van der Waals surface area contributed by atoms with E-state index in [9.17, 15) is 14.0 Å². The molecule has 144 valence electrons. The molecule has 4 rings (SSSR count). The Labute approximate surface area is 171 Å². The Balaban J connectivity index is 1.80. The van der Waals surface area contributed by atoms with E-state index in [1.807, 2.05) is 35.0 Å². The number of allylic oxidation sites excluding steroid dienone is 1. The van der Waals surface area contributed by atoms with Gasteiger partial charge < -0.3 is 4.57 Å². The predicted molar refractivity (Wildman–Crippen MR) is 115 cm³/mol. The molecule has 0 bridgehead atoms. The molecule has 7 heteroatoms. The van der Waals surface area contributed by atoms with E-state index in [2.05, 4.69) is 11.9 Å². The van der Waals surface area contributed by atoms with E-state index in [0.717, 1.165) is 16.5 Å². The first-order valence-corrected chi connectivity index (χ1v) is 9.26. The zero-order valence-electron chi connectivity index (χ0n) is 15.3. The molecule has 0 atom stereocenters. The number of thiocarbonyl (C=S) groups is 1. The highest BCUT2D eigenvalue weighted by Crippen LogP contribution is 2.26. The normalized spacial score (nSPS) is 15.8. The maximum atomic E-state index is 13.3. The van der Waals surface area contributed by atoms with Crippen molar-refractivity contribution in [2.45, 2.75) is 6.54 Å². The van der Waals surface area contributed by atoms with Crippen LogP contribution in [0.3, 0.4) is 0 Å². The first-order valence-electron chi connectivity index (χ1n) is 8.85. The third kappa shape index (κ3) is 3.36. The number of aromatic nitrogens is 1. The van der Waals surface area contributed by atoms with E-state index in [-0.39, 0.29) is 10.7 Å². The molecule has 1 saturated heterocycles. The third-order valence-corrected chi connectivity index (χ3v) is 4.92. The number of hydrogen-bond acceptors (Lipinski definition) is 3. The number of para-hydroxylation sites is 1. The van der Waals surface area contributed by atoms with Gasteiger partial charge in [-0.05, 0) is 48.6 Å². The Morgan fingerprint density at radius 3 is 2.55 bits per heavy atom. The molecule has 2 amide bonds. The Hall–Kier alpha value is -3.58. The molecule has 0 spiro atoms. The molecule has 2 aromatic carbocycles. The van der Waals surface area contributed by atoms with Gasteiger partial charge in [-0.3, -0.25) is 19.8 Å². The van der Waals surface area contributed by atoms with Crippen molar-refractivity contribution in [2.24, 2.45) is 0 Å². The summed E-state index contributed by atoms with van der Waals surface area (Å²) in [5.41, 5.74) is 2.02. The molecule has 29 heavy (non-hydrogen) atoms. The number of nitrogens with one attached hydrogen (secondary N) is 1. The maximum Gasteiger partial charge on any atom is 0.270 e. The average molecular weight is 405 g/mol. The van der Waals surface area contributed by atoms with E-state index in [4.69, 9.17) is 12.2 Å². The molecule has 1 aromatic heterocycles. The van der Waals surface area contributed by atoms with Crippen LogP contribution in [-0.2, 0) is 16.1 Å². The van der Waals surface area contributed by atoms with E-state index in [0.29, 0.717) is 12.2 Å². The number of carbonyl (C=O) groups excluding carboxylic acids is 2. The number of amides is 2. The maximum absolute atomic E-state index is 13.3. The largest absolute Gasteiger partial charge is 0.343 e. The van der Waals surface area contributed by atoms with Gasteiger partial charge in [0.1, 0.15) is 11.4 Å². The number of rotatable bonds is 4. The molecule has 0 unspecified atom stereocenters. The van der Waals surface area contributed by atoms with Crippen molar-refractivity contribution in [3.8, 4) is 0 Å². The van der Waals surface area contributed by atoms with Crippen molar-refractivity contribution in [1.29, 1.82) is 0 Å². The van der Waals surface area contributed by atoms with Crippen LogP contribution < -0.4 is 10.2 Å². The third-order valence-electron chi connectivity index (χ3n) is 4.63. The first kappa shape index (κ1) is 18.8. The van der Waals surface area contributed by atoms with Crippen molar-refractivity contribution >= 4 is 51.8 Å². The molecule has 1 fully saturated rings. The minimum atomic E-state index is -0.570. The van der Waals surface area contributed by atoms with E-state index < -0.39 is 17.6 Å².